The second-order valence-electron chi connectivity index (χ2n) is 4.89. The van der Waals surface area contributed by atoms with Gasteiger partial charge in [-0.2, -0.15) is 0 Å². The van der Waals surface area contributed by atoms with E-state index in [1.54, 1.807) is 0 Å². The van der Waals surface area contributed by atoms with Crippen LogP contribution in [0.5, 0.6) is 0 Å². The minimum Gasteiger partial charge on any atom is -0.493 e. The van der Waals surface area contributed by atoms with Crippen molar-refractivity contribution >= 4 is 0 Å². The Morgan fingerprint density at radius 1 is 1.00 bits per heavy atom. The molecule has 0 aromatic rings. The van der Waals surface area contributed by atoms with E-state index in [2.05, 4.69) is 27.4 Å². The van der Waals surface area contributed by atoms with Crippen LogP contribution in [-0.4, -0.2) is 5.60 Å². The molecule has 0 aromatic heterocycles. The third kappa shape index (κ3) is 4.88. The van der Waals surface area contributed by atoms with Crippen LogP contribution in [0.25, 0.3) is 0 Å². The fourth-order valence-electron chi connectivity index (χ4n) is 0.523. The van der Waals surface area contributed by atoms with Crippen LogP contribution in [-0.2, 0) is 4.74 Å². The highest BCUT2D eigenvalue weighted by Crippen LogP contribution is 2.28. The van der Waals surface area contributed by atoms with Crippen molar-refractivity contribution in [3.8, 4) is 0 Å². The van der Waals surface area contributed by atoms with Crippen LogP contribution in [0.2, 0.25) is 0 Å². The standard InChI is InChI=1S/C10H20O/c1-8(9(2,3)4)11-10(5,6)7/h1H2,2-7H3. The first-order chi connectivity index (χ1) is 4.63. The van der Waals surface area contributed by atoms with E-state index in [0.29, 0.717) is 0 Å². The minimum atomic E-state index is -0.121. The summed E-state index contributed by atoms with van der Waals surface area (Å²) in [4.78, 5) is 0. The van der Waals surface area contributed by atoms with Crippen molar-refractivity contribution in [3.05, 3.63) is 12.3 Å². The van der Waals surface area contributed by atoms with E-state index in [-0.39, 0.29) is 11.0 Å². The van der Waals surface area contributed by atoms with Crippen LogP contribution in [0.1, 0.15) is 41.5 Å². The molecule has 0 atom stereocenters. The van der Waals surface area contributed by atoms with E-state index in [1.807, 2.05) is 20.8 Å². The van der Waals surface area contributed by atoms with Crippen LogP contribution in [0, 0.1) is 5.41 Å². The molecule has 0 aliphatic carbocycles. The highest BCUT2D eigenvalue weighted by Gasteiger charge is 2.21. The Kier molecular flexibility index (Phi) is 2.76. The Balaban J connectivity index is 4.11. The van der Waals surface area contributed by atoms with Crippen molar-refractivity contribution in [1.82, 2.24) is 0 Å². The Morgan fingerprint density at radius 3 is 1.45 bits per heavy atom. The molecule has 11 heavy (non-hydrogen) atoms. The molecule has 0 aliphatic heterocycles. The summed E-state index contributed by atoms with van der Waals surface area (Å²) in [7, 11) is 0. The summed E-state index contributed by atoms with van der Waals surface area (Å²) in [6, 6.07) is 0. The molecule has 0 rings (SSSR count). The lowest BCUT2D eigenvalue weighted by Crippen LogP contribution is -2.23. The maximum atomic E-state index is 5.61. The molecule has 1 nitrogen and oxygen atoms in total. The second kappa shape index (κ2) is 2.88. The average molecular weight is 156 g/mol. The predicted molar refractivity (Wildman–Crippen MR) is 49.4 cm³/mol. The van der Waals surface area contributed by atoms with Gasteiger partial charge in [0.2, 0.25) is 0 Å². The molecule has 0 N–H and O–H groups in total. The highest BCUT2D eigenvalue weighted by atomic mass is 16.5. The molecule has 0 bridgehead atoms. The van der Waals surface area contributed by atoms with Gasteiger partial charge in [-0.3, -0.25) is 0 Å². The molecule has 0 saturated carbocycles. The van der Waals surface area contributed by atoms with Gasteiger partial charge in [0.25, 0.3) is 0 Å². The van der Waals surface area contributed by atoms with Gasteiger partial charge in [0.15, 0.2) is 0 Å². The normalized spacial score (nSPS) is 12.9. The maximum absolute atomic E-state index is 5.61. The summed E-state index contributed by atoms with van der Waals surface area (Å²) in [5.74, 6) is 0.852. The number of allylic oxidation sites excluding steroid dienone is 1. The van der Waals surface area contributed by atoms with Crippen LogP contribution >= 0.6 is 0 Å². The van der Waals surface area contributed by atoms with Crippen LogP contribution in [0.4, 0.5) is 0 Å². The van der Waals surface area contributed by atoms with Crippen molar-refractivity contribution in [1.29, 1.82) is 0 Å². The van der Waals surface area contributed by atoms with Gasteiger partial charge in [0.1, 0.15) is 5.60 Å². The summed E-state index contributed by atoms with van der Waals surface area (Å²) in [6.45, 7) is 16.3. The topological polar surface area (TPSA) is 9.23 Å². The Labute approximate surface area is 70.4 Å². The van der Waals surface area contributed by atoms with Gasteiger partial charge in [-0.1, -0.05) is 27.4 Å². The fraction of sp³-hybridized carbons (Fsp3) is 0.800. The van der Waals surface area contributed by atoms with Crippen LogP contribution in [0.15, 0.2) is 12.3 Å². The zero-order chi connectivity index (χ0) is 9.28. The molecule has 0 aliphatic rings. The smallest absolute Gasteiger partial charge is 0.100 e. The Morgan fingerprint density at radius 2 is 1.36 bits per heavy atom. The van der Waals surface area contributed by atoms with Gasteiger partial charge in [-0.25, -0.2) is 0 Å². The number of hydrogen-bond acceptors (Lipinski definition) is 1. The van der Waals surface area contributed by atoms with Crippen LogP contribution in [0.3, 0.4) is 0 Å². The molecule has 0 fully saturated rings. The monoisotopic (exact) mass is 156 g/mol. The van der Waals surface area contributed by atoms with Crippen molar-refractivity contribution < 1.29 is 4.74 Å². The third-order valence-electron chi connectivity index (χ3n) is 1.27. The van der Waals surface area contributed by atoms with E-state index in [1.165, 1.54) is 0 Å². The molecule has 0 radical (unpaired) electrons. The quantitative estimate of drug-likeness (QED) is 0.529. The number of ether oxygens (including phenoxy) is 1. The van der Waals surface area contributed by atoms with Crippen molar-refractivity contribution in [3.63, 3.8) is 0 Å². The van der Waals surface area contributed by atoms with E-state index in [4.69, 9.17) is 4.74 Å². The van der Waals surface area contributed by atoms with Crippen molar-refractivity contribution in [2.24, 2.45) is 5.41 Å². The first kappa shape index (κ1) is 10.5. The van der Waals surface area contributed by atoms with Gasteiger partial charge < -0.3 is 4.74 Å². The Hall–Kier alpha value is -0.460. The molecule has 1 heteroatoms. The number of rotatable bonds is 1. The summed E-state index contributed by atoms with van der Waals surface area (Å²) in [6.07, 6.45) is 0. The van der Waals surface area contributed by atoms with Crippen LogP contribution < -0.4 is 0 Å². The second-order valence-corrected chi connectivity index (χ2v) is 4.89. The van der Waals surface area contributed by atoms with E-state index in [9.17, 15) is 0 Å². The molecule has 0 unspecified atom stereocenters. The van der Waals surface area contributed by atoms with E-state index in [0.717, 1.165) is 5.76 Å². The lowest BCUT2D eigenvalue weighted by Gasteiger charge is -2.29. The SMILES string of the molecule is C=C(OC(C)(C)C)C(C)(C)C. The summed E-state index contributed by atoms with van der Waals surface area (Å²) in [5, 5.41) is 0. The van der Waals surface area contributed by atoms with Gasteiger partial charge in [0.05, 0.1) is 5.76 Å². The minimum absolute atomic E-state index is 0.0489. The van der Waals surface area contributed by atoms with E-state index >= 15 is 0 Å². The molecule has 0 amide bonds. The maximum Gasteiger partial charge on any atom is 0.100 e. The molecular formula is C10H20O. The fourth-order valence-corrected chi connectivity index (χ4v) is 0.523. The lowest BCUT2D eigenvalue weighted by molar-refractivity contribution is 0.0226. The zero-order valence-electron chi connectivity index (χ0n) is 8.62. The van der Waals surface area contributed by atoms with Gasteiger partial charge in [-0.15, -0.1) is 0 Å². The number of hydrogen-bond donors (Lipinski definition) is 0. The van der Waals surface area contributed by atoms with Gasteiger partial charge >= 0.3 is 0 Å². The van der Waals surface area contributed by atoms with Gasteiger partial charge in [-0.05, 0) is 20.8 Å². The summed E-state index contributed by atoms with van der Waals surface area (Å²) in [5.41, 5.74) is -0.0718. The zero-order valence-corrected chi connectivity index (χ0v) is 8.62. The molecule has 0 saturated heterocycles. The first-order valence-corrected chi connectivity index (χ1v) is 4.01. The predicted octanol–water partition coefficient (Wildman–Crippen LogP) is 3.36. The van der Waals surface area contributed by atoms with Gasteiger partial charge in [0, 0.05) is 5.41 Å². The molecular weight excluding hydrogens is 136 g/mol. The molecule has 0 heterocycles. The molecule has 66 valence electrons. The summed E-state index contributed by atoms with van der Waals surface area (Å²) >= 11 is 0. The summed E-state index contributed by atoms with van der Waals surface area (Å²) < 4.78 is 5.61. The average Bonchev–Trinajstić information content (AvgIpc) is 1.56. The largest absolute Gasteiger partial charge is 0.493 e. The highest BCUT2D eigenvalue weighted by molar-refractivity contribution is 4.97. The van der Waals surface area contributed by atoms with Crippen molar-refractivity contribution in [2.75, 3.05) is 0 Å². The lowest BCUT2D eigenvalue weighted by atomic mass is 9.94. The first-order valence-electron chi connectivity index (χ1n) is 4.01. The van der Waals surface area contributed by atoms with E-state index < -0.39 is 0 Å². The Bertz CT molecular complexity index is 143. The molecule has 0 aromatic carbocycles. The third-order valence-corrected chi connectivity index (χ3v) is 1.27. The molecule has 0 spiro atoms. The van der Waals surface area contributed by atoms with Crippen molar-refractivity contribution in [2.45, 2.75) is 47.1 Å².